The number of rotatable bonds is 6. The Labute approximate surface area is 115 Å². The predicted octanol–water partition coefficient (Wildman–Crippen LogP) is 2.94. The largest absolute Gasteiger partial charge is 0.480 e. The van der Waals surface area contributed by atoms with E-state index in [1.165, 1.54) is 12.1 Å². The molecular formula is C13H15ClFNO3. The van der Waals surface area contributed by atoms with Gasteiger partial charge in [-0.1, -0.05) is 31.9 Å². The highest BCUT2D eigenvalue weighted by Gasteiger charge is 2.31. The molecule has 2 atom stereocenters. The molecule has 0 spiro atoms. The lowest BCUT2D eigenvalue weighted by Crippen LogP contribution is -2.45. The van der Waals surface area contributed by atoms with Crippen molar-refractivity contribution in [1.82, 2.24) is 0 Å². The SMILES string of the molecule is CCC(C)C(C(=O)O)N(C=O)c1ccc(Cl)cc1F. The molecule has 0 aliphatic carbocycles. The van der Waals surface area contributed by atoms with E-state index in [4.69, 9.17) is 11.6 Å². The molecule has 0 aromatic heterocycles. The number of benzene rings is 1. The third kappa shape index (κ3) is 3.44. The Hall–Kier alpha value is -1.62. The van der Waals surface area contributed by atoms with E-state index in [1.54, 1.807) is 6.92 Å². The van der Waals surface area contributed by atoms with Gasteiger partial charge in [-0.3, -0.25) is 9.69 Å². The van der Waals surface area contributed by atoms with E-state index in [0.29, 0.717) is 12.8 Å². The van der Waals surface area contributed by atoms with Gasteiger partial charge in [0.15, 0.2) is 0 Å². The molecule has 4 nitrogen and oxygen atoms in total. The van der Waals surface area contributed by atoms with E-state index in [1.807, 2.05) is 6.92 Å². The second kappa shape index (κ2) is 6.52. The predicted molar refractivity (Wildman–Crippen MR) is 70.8 cm³/mol. The van der Waals surface area contributed by atoms with Gasteiger partial charge < -0.3 is 5.11 Å². The summed E-state index contributed by atoms with van der Waals surface area (Å²) in [7, 11) is 0. The number of hydrogen-bond donors (Lipinski definition) is 1. The summed E-state index contributed by atoms with van der Waals surface area (Å²) in [6, 6.07) is 2.64. The summed E-state index contributed by atoms with van der Waals surface area (Å²) in [4.78, 5) is 23.4. The molecule has 1 rings (SSSR count). The summed E-state index contributed by atoms with van der Waals surface area (Å²) < 4.78 is 13.8. The van der Waals surface area contributed by atoms with Gasteiger partial charge in [0.05, 0.1) is 5.69 Å². The fourth-order valence-corrected chi connectivity index (χ4v) is 1.98. The quantitative estimate of drug-likeness (QED) is 0.819. The topological polar surface area (TPSA) is 57.6 Å². The van der Waals surface area contributed by atoms with Crippen molar-refractivity contribution in [2.45, 2.75) is 26.3 Å². The monoisotopic (exact) mass is 287 g/mol. The molecule has 0 saturated carbocycles. The van der Waals surface area contributed by atoms with Crippen LogP contribution in [0.5, 0.6) is 0 Å². The second-order valence-corrected chi connectivity index (χ2v) is 4.71. The van der Waals surface area contributed by atoms with Crippen molar-refractivity contribution in [2.24, 2.45) is 5.92 Å². The molecule has 0 saturated heterocycles. The Bertz CT molecular complexity index is 481. The minimum atomic E-state index is -1.17. The first kappa shape index (κ1) is 15.4. The molecule has 1 aromatic rings. The smallest absolute Gasteiger partial charge is 0.327 e. The minimum absolute atomic E-state index is 0.0906. The molecule has 1 amide bonds. The lowest BCUT2D eigenvalue weighted by atomic mass is 9.97. The third-order valence-corrected chi connectivity index (χ3v) is 3.27. The van der Waals surface area contributed by atoms with E-state index in [2.05, 4.69) is 0 Å². The fourth-order valence-electron chi connectivity index (χ4n) is 1.82. The highest BCUT2D eigenvalue weighted by molar-refractivity contribution is 6.30. The van der Waals surface area contributed by atoms with Crippen LogP contribution in [0.25, 0.3) is 0 Å². The van der Waals surface area contributed by atoms with Crippen LogP contribution in [-0.2, 0) is 9.59 Å². The maximum Gasteiger partial charge on any atom is 0.327 e. The van der Waals surface area contributed by atoms with Crippen molar-refractivity contribution in [1.29, 1.82) is 0 Å². The summed E-state index contributed by atoms with van der Waals surface area (Å²) in [6.07, 6.45) is 0.883. The first-order chi connectivity index (χ1) is 8.92. The molecule has 6 heteroatoms. The number of hydrogen-bond acceptors (Lipinski definition) is 2. The Morgan fingerprint density at radius 2 is 2.21 bits per heavy atom. The zero-order chi connectivity index (χ0) is 14.6. The number of anilines is 1. The number of carboxylic acids is 1. The van der Waals surface area contributed by atoms with Crippen LogP contribution in [-0.4, -0.2) is 23.5 Å². The minimum Gasteiger partial charge on any atom is -0.480 e. The van der Waals surface area contributed by atoms with E-state index in [0.717, 1.165) is 11.0 Å². The molecule has 1 N–H and O–H groups in total. The number of amides is 1. The Morgan fingerprint density at radius 1 is 1.58 bits per heavy atom. The highest BCUT2D eigenvalue weighted by Crippen LogP contribution is 2.26. The molecule has 1 aromatic carbocycles. The van der Waals surface area contributed by atoms with Crippen LogP contribution in [0.1, 0.15) is 20.3 Å². The van der Waals surface area contributed by atoms with Crippen molar-refractivity contribution >= 4 is 29.7 Å². The number of carboxylic acid groups (broad SMARTS) is 1. The van der Waals surface area contributed by atoms with Gasteiger partial charge in [-0.2, -0.15) is 0 Å². The van der Waals surface area contributed by atoms with Gasteiger partial charge in [0, 0.05) is 5.02 Å². The lowest BCUT2D eigenvalue weighted by molar-refractivity contribution is -0.140. The van der Waals surface area contributed by atoms with Crippen molar-refractivity contribution in [3.05, 3.63) is 29.0 Å². The summed E-state index contributed by atoms with van der Waals surface area (Å²) in [5.74, 6) is -2.21. The lowest BCUT2D eigenvalue weighted by Gasteiger charge is -2.29. The van der Waals surface area contributed by atoms with Gasteiger partial charge in [-0.05, 0) is 24.1 Å². The van der Waals surface area contributed by atoms with Crippen LogP contribution in [0.2, 0.25) is 5.02 Å². The van der Waals surface area contributed by atoms with Crippen molar-refractivity contribution in [3.8, 4) is 0 Å². The highest BCUT2D eigenvalue weighted by atomic mass is 35.5. The maximum atomic E-state index is 13.8. The average Bonchev–Trinajstić information content (AvgIpc) is 2.35. The molecule has 0 aliphatic rings. The summed E-state index contributed by atoms with van der Waals surface area (Å²) in [5, 5.41) is 9.42. The number of carbonyl (C=O) groups excluding carboxylic acids is 1. The van der Waals surface area contributed by atoms with Gasteiger partial charge in [0.25, 0.3) is 0 Å². The normalized spacial score (nSPS) is 13.7. The molecule has 0 bridgehead atoms. The van der Waals surface area contributed by atoms with Crippen molar-refractivity contribution < 1.29 is 19.1 Å². The van der Waals surface area contributed by atoms with Crippen LogP contribution in [0, 0.1) is 11.7 Å². The molecule has 19 heavy (non-hydrogen) atoms. The first-order valence-corrected chi connectivity index (χ1v) is 6.21. The van der Waals surface area contributed by atoms with Crippen molar-refractivity contribution in [3.63, 3.8) is 0 Å². The van der Waals surface area contributed by atoms with Gasteiger partial charge in [-0.25, -0.2) is 9.18 Å². The molecule has 0 fully saturated rings. The zero-order valence-electron chi connectivity index (χ0n) is 10.6. The second-order valence-electron chi connectivity index (χ2n) is 4.28. The number of aliphatic carboxylic acids is 1. The number of nitrogens with zero attached hydrogens (tertiary/aromatic N) is 1. The molecule has 0 radical (unpaired) electrons. The molecular weight excluding hydrogens is 273 g/mol. The van der Waals surface area contributed by atoms with E-state index in [9.17, 15) is 19.1 Å². The Kier molecular flexibility index (Phi) is 5.30. The number of halogens is 2. The van der Waals surface area contributed by atoms with Crippen LogP contribution < -0.4 is 4.90 Å². The van der Waals surface area contributed by atoms with Gasteiger partial charge >= 0.3 is 5.97 Å². The van der Waals surface area contributed by atoms with Gasteiger partial charge in [0.2, 0.25) is 6.41 Å². The average molecular weight is 288 g/mol. The third-order valence-electron chi connectivity index (χ3n) is 3.04. The van der Waals surface area contributed by atoms with Crippen LogP contribution >= 0.6 is 11.6 Å². The Morgan fingerprint density at radius 3 is 2.63 bits per heavy atom. The Balaban J connectivity index is 3.23. The zero-order valence-corrected chi connectivity index (χ0v) is 11.4. The first-order valence-electron chi connectivity index (χ1n) is 5.83. The van der Waals surface area contributed by atoms with E-state index < -0.39 is 17.8 Å². The van der Waals surface area contributed by atoms with Crippen LogP contribution in [0.3, 0.4) is 0 Å². The number of carbonyl (C=O) groups is 2. The molecule has 104 valence electrons. The van der Waals surface area contributed by atoms with Crippen LogP contribution in [0.15, 0.2) is 18.2 Å². The van der Waals surface area contributed by atoms with Crippen LogP contribution in [0.4, 0.5) is 10.1 Å². The maximum absolute atomic E-state index is 13.8. The summed E-state index contributed by atoms with van der Waals surface area (Å²) >= 11 is 5.63. The van der Waals surface area contributed by atoms with E-state index in [-0.39, 0.29) is 16.6 Å². The summed E-state index contributed by atoms with van der Waals surface area (Å²) in [5.41, 5.74) is -0.0906. The van der Waals surface area contributed by atoms with E-state index >= 15 is 0 Å². The van der Waals surface area contributed by atoms with Gasteiger partial charge in [0.1, 0.15) is 11.9 Å². The standard InChI is InChI=1S/C13H15ClFNO3/c1-3-8(2)12(13(18)19)16(7-17)11-5-4-9(14)6-10(11)15/h4-8,12H,3H2,1-2H3,(H,18,19). The summed E-state index contributed by atoms with van der Waals surface area (Å²) in [6.45, 7) is 3.50. The fraction of sp³-hybridized carbons (Fsp3) is 0.385. The van der Waals surface area contributed by atoms with Crippen molar-refractivity contribution in [2.75, 3.05) is 4.90 Å². The molecule has 0 aliphatic heterocycles. The van der Waals surface area contributed by atoms with Gasteiger partial charge in [-0.15, -0.1) is 0 Å². The molecule has 2 unspecified atom stereocenters. The molecule has 0 heterocycles.